The van der Waals surface area contributed by atoms with Gasteiger partial charge in [-0.05, 0) is 25.7 Å². The molecule has 1 atom stereocenters. The van der Waals surface area contributed by atoms with Crippen molar-refractivity contribution in [1.29, 1.82) is 0 Å². The SMILES string of the molecule is CCOC(CCCC(=O)O)C(C)C. The molecule has 0 spiro atoms. The van der Waals surface area contributed by atoms with Crippen molar-refractivity contribution in [3.05, 3.63) is 0 Å². The van der Waals surface area contributed by atoms with E-state index in [1.54, 1.807) is 0 Å². The standard InChI is InChI=1S/C10H20O3/c1-4-13-9(8(2)3)6-5-7-10(11)12/h8-9H,4-7H2,1-3H3,(H,11,12). The maximum Gasteiger partial charge on any atom is 0.303 e. The largest absolute Gasteiger partial charge is 0.481 e. The average molecular weight is 188 g/mol. The minimum absolute atomic E-state index is 0.212. The lowest BCUT2D eigenvalue weighted by Crippen LogP contribution is -2.20. The summed E-state index contributed by atoms with van der Waals surface area (Å²) >= 11 is 0. The molecule has 13 heavy (non-hydrogen) atoms. The van der Waals surface area contributed by atoms with E-state index in [-0.39, 0.29) is 12.5 Å². The Bertz CT molecular complexity index is 143. The Balaban J connectivity index is 3.62. The number of hydrogen-bond donors (Lipinski definition) is 1. The molecule has 0 heterocycles. The molecular weight excluding hydrogens is 168 g/mol. The van der Waals surface area contributed by atoms with Crippen LogP contribution in [0, 0.1) is 5.92 Å². The van der Waals surface area contributed by atoms with E-state index in [4.69, 9.17) is 9.84 Å². The van der Waals surface area contributed by atoms with Gasteiger partial charge in [0.25, 0.3) is 0 Å². The molecule has 0 fully saturated rings. The second-order valence-electron chi connectivity index (χ2n) is 3.52. The van der Waals surface area contributed by atoms with Crippen LogP contribution < -0.4 is 0 Å². The predicted octanol–water partition coefficient (Wildman–Crippen LogP) is 2.30. The van der Waals surface area contributed by atoms with Gasteiger partial charge in [0, 0.05) is 13.0 Å². The van der Waals surface area contributed by atoms with Gasteiger partial charge in [-0.1, -0.05) is 13.8 Å². The van der Waals surface area contributed by atoms with Gasteiger partial charge in [0.2, 0.25) is 0 Å². The maximum absolute atomic E-state index is 10.3. The zero-order chi connectivity index (χ0) is 10.3. The summed E-state index contributed by atoms with van der Waals surface area (Å²) in [6.07, 6.45) is 2.01. The Morgan fingerprint density at radius 1 is 1.46 bits per heavy atom. The van der Waals surface area contributed by atoms with Gasteiger partial charge in [0.15, 0.2) is 0 Å². The lowest BCUT2D eigenvalue weighted by atomic mass is 10.0. The molecule has 0 rings (SSSR count). The summed E-state index contributed by atoms with van der Waals surface area (Å²) in [6.45, 7) is 6.87. The van der Waals surface area contributed by atoms with E-state index in [2.05, 4.69) is 13.8 Å². The summed E-state index contributed by atoms with van der Waals surface area (Å²) in [5.41, 5.74) is 0. The lowest BCUT2D eigenvalue weighted by molar-refractivity contribution is -0.137. The first-order valence-corrected chi connectivity index (χ1v) is 4.91. The van der Waals surface area contributed by atoms with E-state index in [9.17, 15) is 4.79 Å². The van der Waals surface area contributed by atoms with Crippen molar-refractivity contribution in [3.8, 4) is 0 Å². The molecule has 0 amide bonds. The summed E-state index contributed by atoms with van der Waals surface area (Å²) in [5, 5.41) is 8.45. The second kappa shape index (κ2) is 6.89. The van der Waals surface area contributed by atoms with Crippen molar-refractivity contribution >= 4 is 5.97 Å². The summed E-state index contributed by atoms with van der Waals surface area (Å²) in [6, 6.07) is 0. The number of aliphatic carboxylic acids is 1. The van der Waals surface area contributed by atoms with Gasteiger partial charge < -0.3 is 9.84 Å². The Kier molecular flexibility index (Phi) is 6.59. The van der Waals surface area contributed by atoms with Crippen LogP contribution in [0.5, 0.6) is 0 Å². The third kappa shape index (κ3) is 6.58. The molecule has 1 N–H and O–H groups in total. The molecule has 0 saturated carbocycles. The van der Waals surface area contributed by atoms with Gasteiger partial charge >= 0.3 is 5.97 Å². The highest BCUT2D eigenvalue weighted by atomic mass is 16.5. The van der Waals surface area contributed by atoms with Crippen molar-refractivity contribution in [2.45, 2.75) is 46.1 Å². The second-order valence-corrected chi connectivity index (χ2v) is 3.52. The monoisotopic (exact) mass is 188 g/mol. The van der Waals surface area contributed by atoms with E-state index in [0.29, 0.717) is 18.9 Å². The average Bonchev–Trinajstić information content (AvgIpc) is 2.02. The first-order valence-electron chi connectivity index (χ1n) is 4.91. The number of carbonyl (C=O) groups is 1. The molecule has 3 heteroatoms. The summed E-state index contributed by atoms with van der Waals surface area (Å²) in [7, 11) is 0. The molecule has 78 valence electrons. The van der Waals surface area contributed by atoms with E-state index in [1.807, 2.05) is 6.92 Å². The Labute approximate surface area is 80.1 Å². The summed E-state index contributed by atoms with van der Waals surface area (Å²) in [4.78, 5) is 10.3. The molecular formula is C10H20O3. The number of carboxylic acid groups (broad SMARTS) is 1. The van der Waals surface area contributed by atoms with E-state index in [0.717, 1.165) is 6.42 Å². The van der Waals surface area contributed by atoms with Crippen LogP contribution in [0.4, 0.5) is 0 Å². The van der Waals surface area contributed by atoms with Crippen molar-refractivity contribution in [3.63, 3.8) is 0 Å². The van der Waals surface area contributed by atoms with Gasteiger partial charge in [-0.2, -0.15) is 0 Å². The van der Waals surface area contributed by atoms with Crippen LogP contribution in [-0.4, -0.2) is 23.8 Å². The molecule has 0 aromatic carbocycles. The predicted molar refractivity (Wildman–Crippen MR) is 51.7 cm³/mol. The Hall–Kier alpha value is -0.570. The van der Waals surface area contributed by atoms with Crippen LogP contribution >= 0.6 is 0 Å². The molecule has 0 aromatic rings. The number of carboxylic acids is 1. The zero-order valence-corrected chi connectivity index (χ0v) is 8.75. The van der Waals surface area contributed by atoms with Crippen LogP contribution in [0.3, 0.4) is 0 Å². The number of rotatable bonds is 7. The number of hydrogen-bond acceptors (Lipinski definition) is 2. The first-order chi connectivity index (χ1) is 6.07. The van der Waals surface area contributed by atoms with Crippen LogP contribution in [0.1, 0.15) is 40.0 Å². The fourth-order valence-corrected chi connectivity index (χ4v) is 1.28. The van der Waals surface area contributed by atoms with Crippen molar-refractivity contribution < 1.29 is 14.6 Å². The molecule has 0 aromatic heterocycles. The van der Waals surface area contributed by atoms with Crippen LogP contribution in [0.25, 0.3) is 0 Å². The molecule has 0 saturated heterocycles. The van der Waals surface area contributed by atoms with Crippen LogP contribution in [-0.2, 0) is 9.53 Å². The van der Waals surface area contributed by atoms with Crippen molar-refractivity contribution in [1.82, 2.24) is 0 Å². The van der Waals surface area contributed by atoms with Crippen LogP contribution in [0.15, 0.2) is 0 Å². The Morgan fingerprint density at radius 3 is 2.46 bits per heavy atom. The highest BCUT2D eigenvalue weighted by Gasteiger charge is 2.13. The molecule has 0 aliphatic rings. The highest BCUT2D eigenvalue weighted by molar-refractivity contribution is 5.66. The fourth-order valence-electron chi connectivity index (χ4n) is 1.28. The highest BCUT2D eigenvalue weighted by Crippen LogP contribution is 2.13. The molecule has 0 aliphatic heterocycles. The van der Waals surface area contributed by atoms with Crippen LogP contribution in [0.2, 0.25) is 0 Å². The summed E-state index contributed by atoms with van der Waals surface area (Å²) in [5.74, 6) is -0.257. The fraction of sp³-hybridized carbons (Fsp3) is 0.900. The zero-order valence-electron chi connectivity index (χ0n) is 8.75. The quantitative estimate of drug-likeness (QED) is 0.666. The van der Waals surface area contributed by atoms with Crippen molar-refractivity contribution in [2.75, 3.05) is 6.61 Å². The summed E-state index contributed by atoms with van der Waals surface area (Å²) < 4.78 is 5.49. The minimum atomic E-state index is -0.723. The van der Waals surface area contributed by atoms with E-state index in [1.165, 1.54) is 0 Å². The van der Waals surface area contributed by atoms with Crippen molar-refractivity contribution in [2.24, 2.45) is 5.92 Å². The third-order valence-corrected chi connectivity index (χ3v) is 2.00. The molecule has 1 unspecified atom stereocenters. The lowest BCUT2D eigenvalue weighted by Gasteiger charge is -2.20. The van der Waals surface area contributed by atoms with Gasteiger partial charge in [-0.25, -0.2) is 0 Å². The van der Waals surface area contributed by atoms with Gasteiger partial charge in [-0.3, -0.25) is 4.79 Å². The normalized spacial score (nSPS) is 13.2. The van der Waals surface area contributed by atoms with E-state index >= 15 is 0 Å². The molecule has 0 bridgehead atoms. The van der Waals surface area contributed by atoms with E-state index < -0.39 is 5.97 Å². The first kappa shape index (κ1) is 12.4. The number of ether oxygens (including phenoxy) is 1. The maximum atomic E-state index is 10.3. The smallest absolute Gasteiger partial charge is 0.303 e. The van der Waals surface area contributed by atoms with Gasteiger partial charge in [0.1, 0.15) is 0 Å². The Morgan fingerprint density at radius 2 is 2.08 bits per heavy atom. The molecule has 0 aliphatic carbocycles. The third-order valence-electron chi connectivity index (χ3n) is 2.00. The van der Waals surface area contributed by atoms with Gasteiger partial charge in [0.05, 0.1) is 6.10 Å². The molecule has 0 radical (unpaired) electrons. The molecule has 3 nitrogen and oxygen atoms in total. The minimum Gasteiger partial charge on any atom is -0.481 e. The topological polar surface area (TPSA) is 46.5 Å². The van der Waals surface area contributed by atoms with Gasteiger partial charge in [-0.15, -0.1) is 0 Å².